The number of hydrogen-bond donors (Lipinski definition) is 2. The summed E-state index contributed by atoms with van der Waals surface area (Å²) < 4.78 is 59.2. The topological polar surface area (TPSA) is 58.2 Å². The van der Waals surface area contributed by atoms with Gasteiger partial charge >= 0.3 is 33.0 Å². The van der Waals surface area contributed by atoms with E-state index in [1.54, 1.807) is 0 Å². The van der Waals surface area contributed by atoms with E-state index in [0.29, 0.717) is 22.3 Å². The van der Waals surface area contributed by atoms with Crippen LogP contribution in [0.4, 0.5) is 25.2 Å². The summed E-state index contributed by atoms with van der Waals surface area (Å²) >= 11 is 0. The van der Waals surface area contributed by atoms with Gasteiger partial charge in [0.05, 0.1) is 0 Å². The Balaban J connectivity index is 0.000000747. The SMILES string of the molecule is F[P-](F)(F)(F)(F)F.O=C1C(c2c(-c3ccccc3)ccc3ccccc23)=c2ccccc2=C/C1=C/N[C@H]1CCCC[C@@H]1N/C=C1/C=c2ccccc2=C(c2c(-c3ccccc3)ccc3ccccc23)C1=O.[Mn]. The van der Waals surface area contributed by atoms with Crippen molar-refractivity contribution in [1.29, 1.82) is 0 Å². The van der Waals surface area contributed by atoms with Gasteiger partial charge in [0.25, 0.3) is 0 Å². The van der Waals surface area contributed by atoms with Gasteiger partial charge in [-0.1, -0.05) is 195 Å². The molecular formula is C60H46F6MnN2O2P-. The predicted octanol–water partition coefficient (Wildman–Crippen LogP) is 12.8. The summed E-state index contributed by atoms with van der Waals surface area (Å²) in [6, 6.07) is 62.6. The summed E-state index contributed by atoms with van der Waals surface area (Å²) in [5.74, 6) is -0.00998. The minimum Gasteiger partial charge on any atom is -0.386 e. The van der Waals surface area contributed by atoms with Gasteiger partial charge in [-0.15, -0.1) is 0 Å². The van der Waals surface area contributed by atoms with Crippen LogP contribution in [0.3, 0.4) is 0 Å². The largest absolute Gasteiger partial charge is 0.386 e. The normalized spacial score (nSPS) is 18.6. The summed E-state index contributed by atoms with van der Waals surface area (Å²) in [6.45, 7) is 0. The molecule has 0 aliphatic heterocycles. The summed E-state index contributed by atoms with van der Waals surface area (Å²) in [7, 11) is -10.7. The molecule has 3 aliphatic carbocycles. The fourth-order valence-corrected chi connectivity index (χ4v) is 10.1. The zero-order chi connectivity index (χ0) is 49.4. The Labute approximate surface area is 422 Å². The average molecular weight is 1030 g/mol. The molecule has 8 aromatic carbocycles. The van der Waals surface area contributed by atoms with Crippen LogP contribution in [0.25, 0.3) is 67.1 Å². The molecule has 0 saturated heterocycles. The van der Waals surface area contributed by atoms with Crippen LogP contribution in [-0.2, 0) is 26.7 Å². The van der Waals surface area contributed by atoms with Gasteiger partial charge in [-0.2, -0.15) is 0 Å². The van der Waals surface area contributed by atoms with E-state index in [9.17, 15) is 25.2 Å². The molecule has 12 heteroatoms. The average Bonchev–Trinajstić information content (AvgIpc) is 3.37. The van der Waals surface area contributed by atoms with Crippen molar-refractivity contribution in [3.63, 3.8) is 0 Å². The Morgan fingerprint density at radius 3 is 1.18 bits per heavy atom. The molecule has 72 heavy (non-hydrogen) atoms. The van der Waals surface area contributed by atoms with Crippen LogP contribution in [0.5, 0.6) is 0 Å². The molecule has 1 radical (unpaired) electrons. The van der Waals surface area contributed by atoms with E-state index in [2.05, 4.69) is 120 Å². The summed E-state index contributed by atoms with van der Waals surface area (Å²) in [4.78, 5) is 30.1. The number of benzene rings is 8. The second-order valence-corrected chi connectivity index (χ2v) is 19.9. The summed E-state index contributed by atoms with van der Waals surface area (Å²) in [5, 5.41) is 15.7. The van der Waals surface area contributed by atoms with Crippen LogP contribution in [0.1, 0.15) is 36.8 Å². The van der Waals surface area contributed by atoms with Crippen LogP contribution in [-0.4, -0.2) is 23.7 Å². The molecule has 0 bridgehead atoms. The van der Waals surface area contributed by atoms with Crippen LogP contribution in [0, 0.1) is 0 Å². The Bertz CT molecular complexity index is 3520. The van der Waals surface area contributed by atoms with E-state index >= 15 is 9.59 Å². The van der Waals surface area contributed by atoms with Crippen molar-refractivity contribution in [2.45, 2.75) is 37.8 Å². The molecule has 0 aromatic heterocycles. The Morgan fingerprint density at radius 1 is 0.431 bits per heavy atom. The summed E-state index contributed by atoms with van der Waals surface area (Å²) in [6.07, 6.45) is 11.9. The second-order valence-electron chi connectivity index (χ2n) is 18.0. The number of nitrogens with one attached hydrogen (secondary N) is 2. The first-order chi connectivity index (χ1) is 34.1. The second kappa shape index (κ2) is 19.4. The minimum atomic E-state index is -10.7. The van der Waals surface area contributed by atoms with Crippen LogP contribution in [0.15, 0.2) is 206 Å². The molecule has 0 heterocycles. The van der Waals surface area contributed by atoms with Crippen molar-refractivity contribution in [1.82, 2.24) is 10.6 Å². The maximum absolute atomic E-state index is 15.0. The van der Waals surface area contributed by atoms with Crippen LogP contribution < -0.4 is 31.5 Å². The van der Waals surface area contributed by atoms with Gasteiger partial charge in [-0.3, -0.25) is 9.59 Å². The number of ketones is 2. The molecule has 0 unspecified atom stereocenters. The molecular weight excluding hydrogens is 981 g/mol. The molecule has 3 aliphatic rings. The molecule has 2 atom stereocenters. The van der Waals surface area contributed by atoms with Gasteiger partial charge in [0.1, 0.15) is 0 Å². The Morgan fingerprint density at radius 2 is 0.778 bits per heavy atom. The molecule has 1 saturated carbocycles. The van der Waals surface area contributed by atoms with Gasteiger partial charge in [-0.25, -0.2) is 0 Å². The number of rotatable bonds is 8. The quantitative estimate of drug-likeness (QED) is 0.0689. The van der Waals surface area contributed by atoms with Gasteiger partial charge in [0, 0.05) is 75.0 Å². The third-order valence-electron chi connectivity index (χ3n) is 13.3. The van der Waals surface area contributed by atoms with E-state index in [4.69, 9.17) is 0 Å². The van der Waals surface area contributed by atoms with Gasteiger partial charge in [0.2, 0.25) is 0 Å². The van der Waals surface area contributed by atoms with E-state index in [0.717, 1.165) is 101 Å². The van der Waals surface area contributed by atoms with Crippen molar-refractivity contribution in [2.24, 2.45) is 0 Å². The molecule has 0 spiro atoms. The van der Waals surface area contributed by atoms with E-state index in [-0.39, 0.29) is 40.7 Å². The molecule has 1 fully saturated rings. The third-order valence-corrected chi connectivity index (χ3v) is 13.3. The molecule has 2 N–H and O–H groups in total. The first-order valence-corrected chi connectivity index (χ1v) is 25.4. The zero-order valence-electron chi connectivity index (χ0n) is 38.5. The number of carbonyl (C=O) groups excluding carboxylic acids is 2. The molecule has 8 aromatic rings. The maximum atomic E-state index is 15.0. The van der Waals surface area contributed by atoms with E-state index < -0.39 is 7.81 Å². The number of fused-ring (bicyclic) bond motifs is 4. The monoisotopic (exact) mass is 1030 g/mol. The van der Waals surface area contributed by atoms with Crippen molar-refractivity contribution < 1.29 is 51.8 Å². The number of hydrogen-bond acceptors (Lipinski definition) is 4. The first kappa shape index (κ1) is 49.7. The Hall–Kier alpha value is -7.29. The van der Waals surface area contributed by atoms with Crippen molar-refractivity contribution in [2.75, 3.05) is 0 Å². The molecule has 4 nitrogen and oxygen atoms in total. The third kappa shape index (κ3) is 10.9. The predicted molar refractivity (Wildman–Crippen MR) is 276 cm³/mol. The van der Waals surface area contributed by atoms with E-state index in [1.165, 1.54) is 0 Å². The molecule has 11 rings (SSSR count). The zero-order valence-corrected chi connectivity index (χ0v) is 40.6. The number of Topliss-reactive ketones (excluding diaryl/α,β-unsaturated/α-hetero) is 2. The number of allylic oxidation sites excluding steroid dienone is 2. The number of carbonyl (C=O) groups is 2. The van der Waals surface area contributed by atoms with Gasteiger partial charge < -0.3 is 10.6 Å². The smallest absolute Gasteiger partial charge is 0.195 e. The van der Waals surface area contributed by atoms with Crippen molar-refractivity contribution in [3.05, 3.63) is 238 Å². The van der Waals surface area contributed by atoms with Crippen molar-refractivity contribution >= 4 is 64.2 Å². The minimum absolute atomic E-state index is 0. The summed E-state index contributed by atoms with van der Waals surface area (Å²) in [5.41, 5.74) is 8.79. The van der Waals surface area contributed by atoms with Crippen LogP contribution >= 0.6 is 7.81 Å². The fourth-order valence-electron chi connectivity index (χ4n) is 10.1. The van der Waals surface area contributed by atoms with Crippen LogP contribution in [0.2, 0.25) is 0 Å². The van der Waals surface area contributed by atoms with Gasteiger partial charge in [-0.05, 0) is 89.7 Å². The number of halogens is 6. The molecule has 0 amide bonds. The Kier molecular flexibility index (Phi) is 13.4. The first-order valence-electron chi connectivity index (χ1n) is 23.4. The molecule has 363 valence electrons. The fraction of sp³-hybridized carbons (Fsp3) is 0.100. The van der Waals surface area contributed by atoms with E-state index in [1.807, 2.05) is 97.3 Å². The van der Waals surface area contributed by atoms with Gasteiger partial charge in [0.15, 0.2) is 11.6 Å². The standard InChI is InChI=1S/C60H46N2O2.F6P.Mn/c63-59-45(35-43-23-9-13-27-49(43)57(59)55-47-25-11-7-21-41(47)31-33-51(55)39-17-3-1-4-18-39)37-61-53-29-15-16-30-54(53)62-38-46-36-44-24-10-14-28-50(44)58(60(46)64)56-48-26-12-8-22-42(48)32-34-52(56)40-19-5-2-6-20-40;1-7(2,3,4,5)6;/h1-14,17-28,31-38,53-54,61-62H,15-16,29-30H2;;/q;-1;/b45-37-,46-38-;;/t53-,54-;;/m0../s1. The van der Waals surface area contributed by atoms with Crippen molar-refractivity contribution in [3.8, 4) is 22.3 Å². The maximum Gasteiger partial charge on any atom is 0.195 e.